The molecule has 1 heterocycles. The molecule has 0 saturated carbocycles. The summed E-state index contributed by atoms with van der Waals surface area (Å²) in [4.78, 5) is 0.383. The molecule has 92 valence electrons. The van der Waals surface area contributed by atoms with Gasteiger partial charge in [0.1, 0.15) is 23.0 Å². The predicted molar refractivity (Wildman–Crippen MR) is 68.3 cm³/mol. The average Bonchev–Trinajstić information content (AvgIpc) is 2.32. The van der Waals surface area contributed by atoms with Gasteiger partial charge in [0.05, 0.1) is 13.2 Å². The Morgan fingerprint density at radius 3 is 2.94 bits per heavy atom. The van der Waals surface area contributed by atoms with Gasteiger partial charge in [-0.1, -0.05) is 28.1 Å². The zero-order chi connectivity index (χ0) is 12.5. The lowest BCUT2D eigenvalue weighted by molar-refractivity contribution is 0.0612. The second-order valence-electron chi connectivity index (χ2n) is 3.88. The summed E-state index contributed by atoms with van der Waals surface area (Å²) in [6.07, 6.45) is 0. The largest absolute Gasteiger partial charge is 0.371 e. The van der Waals surface area contributed by atoms with Crippen molar-refractivity contribution in [3.63, 3.8) is 0 Å². The number of halogens is 3. The Hall–Kier alpha value is -0.590. The molecule has 0 amide bonds. The summed E-state index contributed by atoms with van der Waals surface area (Å²) in [5.74, 6) is -0.480. The number of rotatable bonds is 2. The minimum absolute atomic E-state index is 0.0526. The molecule has 1 atom stereocenters. The summed E-state index contributed by atoms with van der Waals surface area (Å²) in [5.41, 5.74) is -1.00. The van der Waals surface area contributed by atoms with Crippen LogP contribution in [0.1, 0.15) is 5.56 Å². The van der Waals surface area contributed by atoms with E-state index in [1.54, 1.807) is 12.1 Å². The second kappa shape index (κ2) is 4.96. The average molecular weight is 322 g/mol. The Labute approximate surface area is 111 Å². The van der Waals surface area contributed by atoms with Gasteiger partial charge in [-0.2, -0.15) is 0 Å². The maximum Gasteiger partial charge on any atom is 0.129 e. The van der Waals surface area contributed by atoms with E-state index in [2.05, 4.69) is 21.2 Å². The Morgan fingerprint density at radius 2 is 2.29 bits per heavy atom. The van der Waals surface area contributed by atoms with Crippen molar-refractivity contribution in [3.8, 4) is 0 Å². The standard InChI is InChI=1S/C11H10BrF2NOS/c12-7-1-2-9(14)8(3-7)11(5-13)6-16-4-10(17)15-11/h1-3H,4-6H2,(H,15,17)/t11-/m1/s1. The lowest BCUT2D eigenvalue weighted by atomic mass is 9.90. The molecule has 2 nitrogen and oxygen atoms in total. The fraction of sp³-hybridized carbons (Fsp3) is 0.364. The molecular formula is C11H10BrF2NOS. The molecule has 6 heteroatoms. The van der Waals surface area contributed by atoms with Crippen LogP contribution in [0.2, 0.25) is 0 Å². The number of hydrogen-bond acceptors (Lipinski definition) is 2. The zero-order valence-electron chi connectivity index (χ0n) is 8.80. The third-order valence-corrected chi connectivity index (χ3v) is 3.35. The SMILES string of the molecule is FC[C@]1(c2cc(Br)ccc2F)COCC(=S)N1. The van der Waals surface area contributed by atoms with Crippen LogP contribution < -0.4 is 5.32 Å². The lowest BCUT2D eigenvalue weighted by Crippen LogP contribution is -2.56. The van der Waals surface area contributed by atoms with Crippen LogP contribution in [0.15, 0.2) is 22.7 Å². The Bertz CT molecular complexity index is 457. The lowest BCUT2D eigenvalue weighted by Gasteiger charge is -2.37. The van der Waals surface area contributed by atoms with E-state index in [9.17, 15) is 8.78 Å². The number of thiocarbonyl (C=S) groups is 1. The number of nitrogens with one attached hydrogen (secondary N) is 1. The normalized spacial score (nSPS) is 24.5. The molecule has 2 rings (SSSR count). The number of hydrogen-bond donors (Lipinski definition) is 1. The molecule has 1 aliphatic rings. The highest BCUT2D eigenvalue weighted by Crippen LogP contribution is 2.29. The Kier molecular flexibility index (Phi) is 3.75. The van der Waals surface area contributed by atoms with Crippen LogP contribution in [0.4, 0.5) is 8.78 Å². The maximum absolute atomic E-state index is 13.8. The fourth-order valence-corrected chi connectivity index (χ4v) is 2.45. The first kappa shape index (κ1) is 12.9. The molecule has 1 saturated heterocycles. The Morgan fingerprint density at radius 1 is 1.53 bits per heavy atom. The third kappa shape index (κ3) is 2.48. The fourth-order valence-electron chi connectivity index (χ4n) is 1.81. The second-order valence-corrected chi connectivity index (χ2v) is 5.29. The smallest absolute Gasteiger partial charge is 0.129 e. The first-order valence-corrected chi connectivity index (χ1v) is 6.18. The highest BCUT2D eigenvalue weighted by molar-refractivity contribution is 9.10. The van der Waals surface area contributed by atoms with E-state index in [0.717, 1.165) is 0 Å². The molecule has 0 bridgehead atoms. The van der Waals surface area contributed by atoms with Gasteiger partial charge in [0.2, 0.25) is 0 Å². The van der Waals surface area contributed by atoms with Gasteiger partial charge in [-0.05, 0) is 18.2 Å². The van der Waals surface area contributed by atoms with Crippen molar-refractivity contribution in [1.29, 1.82) is 0 Å². The van der Waals surface area contributed by atoms with Crippen LogP contribution in [0, 0.1) is 5.82 Å². The molecule has 0 unspecified atom stereocenters. The maximum atomic E-state index is 13.8. The van der Waals surface area contributed by atoms with Gasteiger partial charge in [-0.3, -0.25) is 0 Å². The number of ether oxygens (including phenoxy) is 1. The molecule has 17 heavy (non-hydrogen) atoms. The predicted octanol–water partition coefficient (Wildman–Crippen LogP) is 2.70. The molecule has 0 spiro atoms. The summed E-state index contributed by atoms with van der Waals surface area (Å²) in [5, 5.41) is 2.83. The van der Waals surface area contributed by atoms with Crippen LogP contribution in [0.5, 0.6) is 0 Å². The molecule has 0 aliphatic carbocycles. The molecule has 1 N–H and O–H groups in total. The van der Waals surface area contributed by atoms with E-state index in [4.69, 9.17) is 17.0 Å². The van der Waals surface area contributed by atoms with Crippen LogP contribution in [0.25, 0.3) is 0 Å². The van der Waals surface area contributed by atoms with Gasteiger partial charge in [0.25, 0.3) is 0 Å². The van der Waals surface area contributed by atoms with E-state index in [0.29, 0.717) is 9.46 Å². The molecule has 1 aromatic carbocycles. The molecule has 1 aliphatic heterocycles. The summed E-state index contributed by atoms with van der Waals surface area (Å²) in [6.45, 7) is -0.496. The van der Waals surface area contributed by atoms with Crippen molar-refractivity contribution in [2.75, 3.05) is 19.9 Å². The van der Waals surface area contributed by atoms with Crippen LogP contribution >= 0.6 is 28.1 Å². The van der Waals surface area contributed by atoms with Crippen LogP contribution in [-0.4, -0.2) is 24.9 Å². The first-order valence-electron chi connectivity index (χ1n) is 4.98. The van der Waals surface area contributed by atoms with E-state index in [1.807, 2.05) is 0 Å². The van der Waals surface area contributed by atoms with E-state index < -0.39 is 18.0 Å². The Balaban J connectivity index is 2.46. The number of alkyl halides is 1. The van der Waals surface area contributed by atoms with Crippen molar-refractivity contribution < 1.29 is 13.5 Å². The van der Waals surface area contributed by atoms with Crippen molar-refractivity contribution >= 4 is 33.1 Å². The minimum Gasteiger partial charge on any atom is -0.371 e. The molecular weight excluding hydrogens is 312 g/mol. The van der Waals surface area contributed by atoms with Gasteiger partial charge < -0.3 is 10.1 Å². The number of benzene rings is 1. The molecule has 1 aromatic rings. The third-order valence-electron chi connectivity index (χ3n) is 2.63. The van der Waals surface area contributed by atoms with E-state index in [-0.39, 0.29) is 18.8 Å². The van der Waals surface area contributed by atoms with Gasteiger partial charge in [-0.25, -0.2) is 8.78 Å². The van der Waals surface area contributed by atoms with Gasteiger partial charge in [0, 0.05) is 10.0 Å². The highest BCUT2D eigenvalue weighted by Gasteiger charge is 2.38. The topological polar surface area (TPSA) is 21.3 Å². The van der Waals surface area contributed by atoms with Gasteiger partial charge >= 0.3 is 0 Å². The quantitative estimate of drug-likeness (QED) is 0.846. The van der Waals surface area contributed by atoms with Crippen molar-refractivity contribution in [1.82, 2.24) is 5.32 Å². The summed E-state index contributed by atoms with van der Waals surface area (Å²) < 4.78 is 33.0. The van der Waals surface area contributed by atoms with Crippen molar-refractivity contribution in [3.05, 3.63) is 34.1 Å². The first-order chi connectivity index (χ1) is 8.07. The van der Waals surface area contributed by atoms with Gasteiger partial charge in [0.15, 0.2) is 0 Å². The molecule has 0 aromatic heterocycles. The highest BCUT2D eigenvalue weighted by atomic mass is 79.9. The van der Waals surface area contributed by atoms with E-state index in [1.165, 1.54) is 6.07 Å². The van der Waals surface area contributed by atoms with Crippen LogP contribution in [0.3, 0.4) is 0 Å². The summed E-state index contributed by atoms with van der Waals surface area (Å²) >= 11 is 8.20. The van der Waals surface area contributed by atoms with Crippen LogP contribution in [-0.2, 0) is 10.3 Å². The summed E-state index contributed by atoms with van der Waals surface area (Å²) in [7, 11) is 0. The number of morpholine rings is 1. The zero-order valence-corrected chi connectivity index (χ0v) is 11.2. The van der Waals surface area contributed by atoms with E-state index >= 15 is 0 Å². The van der Waals surface area contributed by atoms with Crippen molar-refractivity contribution in [2.45, 2.75) is 5.54 Å². The molecule has 0 radical (unpaired) electrons. The van der Waals surface area contributed by atoms with Gasteiger partial charge in [-0.15, -0.1) is 0 Å². The summed E-state index contributed by atoms with van der Waals surface area (Å²) in [6, 6.07) is 4.39. The minimum atomic E-state index is -1.22. The monoisotopic (exact) mass is 321 g/mol. The molecule has 1 fully saturated rings. The van der Waals surface area contributed by atoms with Crippen molar-refractivity contribution in [2.24, 2.45) is 0 Å².